The highest BCUT2D eigenvalue weighted by Gasteiger charge is 2.52. The molecule has 0 aromatic carbocycles. The highest BCUT2D eigenvalue weighted by Crippen LogP contribution is 2.45. The zero-order chi connectivity index (χ0) is 14.8. The highest BCUT2D eigenvalue weighted by molar-refractivity contribution is 14.1. The summed E-state index contributed by atoms with van der Waals surface area (Å²) in [5.74, 6) is 0. The number of nitrogens with one attached hydrogen (secondary N) is 1. The molecule has 3 heteroatoms. The maximum Gasteiger partial charge on any atom is 0.114 e. The summed E-state index contributed by atoms with van der Waals surface area (Å²) in [7, 11) is 2.04. The molecule has 0 spiro atoms. The lowest BCUT2D eigenvalue weighted by molar-refractivity contribution is -0.147. The van der Waals surface area contributed by atoms with E-state index in [2.05, 4.69) is 83.3 Å². The Labute approximate surface area is 128 Å². The third-order valence-electron chi connectivity index (χ3n) is 4.43. The van der Waals surface area contributed by atoms with Crippen LogP contribution in [0.3, 0.4) is 0 Å². The average Bonchev–Trinajstić information content (AvgIpc) is 2.11. The van der Waals surface area contributed by atoms with Crippen LogP contribution >= 0.6 is 22.6 Å². The topological polar surface area (TPSA) is 21.3 Å². The van der Waals surface area contributed by atoms with E-state index in [9.17, 15) is 0 Å². The van der Waals surface area contributed by atoms with Crippen LogP contribution in [0.5, 0.6) is 0 Å². The largest absolute Gasteiger partial charge is 0.357 e. The predicted molar refractivity (Wildman–Crippen MR) is 89.4 cm³/mol. The molecular formula is C15H32INO. The van der Waals surface area contributed by atoms with Gasteiger partial charge in [0.2, 0.25) is 0 Å². The molecule has 0 saturated carbocycles. The summed E-state index contributed by atoms with van der Waals surface area (Å²) in [4.78, 5) is 0. The SMILES string of the molecule is CCCC(C)(C)C(C)(NC)C(C)(C)OC(C)(C)I. The Morgan fingerprint density at radius 1 is 1.00 bits per heavy atom. The number of halogens is 1. The molecule has 18 heavy (non-hydrogen) atoms. The lowest BCUT2D eigenvalue weighted by Gasteiger charge is -2.55. The van der Waals surface area contributed by atoms with Gasteiger partial charge >= 0.3 is 0 Å². The molecule has 1 atom stereocenters. The van der Waals surface area contributed by atoms with Gasteiger partial charge in [-0.2, -0.15) is 0 Å². The maximum atomic E-state index is 6.34. The van der Waals surface area contributed by atoms with Crippen LogP contribution in [0.4, 0.5) is 0 Å². The van der Waals surface area contributed by atoms with E-state index in [0.717, 1.165) is 0 Å². The van der Waals surface area contributed by atoms with E-state index in [1.807, 2.05) is 7.05 Å². The minimum absolute atomic E-state index is 0.0849. The first kappa shape index (κ1) is 18.7. The molecule has 0 heterocycles. The van der Waals surface area contributed by atoms with Gasteiger partial charge in [-0.3, -0.25) is 0 Å². The fourth-order valence-electron chi connectivity index (χ4n) is 3.04. The quantitative estimate of drug-likeness (QED) is 0.516. The van der Waals surface area contributed by atoms with E-state index in [1.165, 1.54) is 12.8 Å². The average molecular weight is 369 g/mol. The Balaban J connectivity index is 5.38. The molecule has 0 rings (SSSR count). The molecule has 0 aliphatic carbocycles. The standard InChI is InChI=1S/C15H32INO/c1-10-11-12(2,3)15(8,17-9)13(4,5)18-14(6,7)16/h17H,10-11H2,1-9H3. The zero-order valence-corrected chi connectivity index (χ0v) is 15.9. The Morgan fingerprint density at radius 3 is 1.72 bits per heavy atom. The summed E-state index contributed by atoms with van der Waals surface area (Å²) in [6.07, 6.45) is 2.37. The van der Waals surface area contributed by atoms with Gasteiger partial charge in [0.1, 0.15) is 3.61 Å². The maximum absolute atomic E-state index is 6.34. The summed E-state index contributed by atoms with van der Waals surface area (Å²) < 4.78 is 6.17. The Hall–Kier alpha value is 0.650. The van der Waals surface area contributed by atoms with E-state index in [-0.39, 0.29) is 20.2 Å². The number of ether oxygens (including phenoxy) is 1. The molecule has 0 aromatic rings. The van der Waals surface area contributed by atoms with Crippen LogP contribution in [0, 0.1) is 5.41 Å². The van der Waals surface area contributed by atoms with E-state index in [0.29, 0.717) is 0 Å². The monoisotopic (exact) mass is 369 g/mol. The molecule has 0 amide bonds. The second-order valence-electron chi connectivity index (χ2n) is 6.98. The van der Waals surface area contributed by atoms with Gasteiger partial charge in [0.15, 0.2) is 0 Å². The lowest BCUT2D eigenvalue weighted by Crippen LogP contribution is -2.67. The lowest BCUT2D eigenvalue weighted by atomic mass is 9.63. The highest BCUT2D eigenvalue weighted by atomic mass is 127. The summed E-state index contributed by atoms with van der Waals surface area (Å²) in [6, 6.07) is 0. The first-order chi connectivity index (χ1) is 7.83. The van der Waals surface area contributed by atoms with Crippen molar-refractivity contribution < 1.29 is 4.74 Å². The first-order valence-corrected chi connectivity index (χ1v) is 7.99. The Morgan fingerprint density at radius 2 is 1.44 bits per heavy atom. The van der Waals surface area contributed by atoms with Crippen molar-refractivity contribution in [3.8, 4) is 0 Å². The second kappa shape index (κ2) is 5.96. The van der Waals surface area contributed by atoms with Crippen LogP contribution in [-0.2, 0) is 4.74 Å². The fraction of sp³-hybridized carbons (Fsp3) is 1.00. The molecule has 0 aliphatic rings. The van der Waals surface area contributed by atoms with Gasteiger partial charge in [0.05, 0.1) is 5.60 Å². The summed E-state index contributed by atoms with van der Waals surface area (Å²) in [6.45, 7) is 17.8. The molecule has 0 aromatic heterocycles. The molecule has 0 saturated heterocycles. The molecule has 0 radical (unpaired) electrons. The molecule has 0 aliphatic heterocycles. The molecule has 1 N–H and O–H groups in total. The number of hydrogen-bond donors (Lipinski definition) is 1. The van der Waals surface area contributed by atoms with Crippen LogP contribution in [-0.4, -0.2) is 21.8 Å². The summed E-state index contributed by atoms with van der Waals surface area (Å²) >= 11 is 2.36. The molecule has 0 fully saturated rings. The predicted octanol–water partition coefficient (Wildman–Crippen LogP) is 4.76. The van der Waals surface area contributed by atoms with E-state index in [4.69, 9.17) is 4.74 Å². The normalized spacial score (nSPS) is 17.7. The first-order valence-electron chi connectivity index (χ1n) is 6.91. The van der Waals surface area contributed by atoms with Crippen molar-refractivity contribution in [2.24, 2.45) is 5.41 Å². The van der Waals surface area contributed by atoms with Crippen molar-refractivity contribution in [3.05, 3.63) is 0 Å². The Kier molecular flexibility index (Phi) is 6.18. The van der Waals surface area contributed by atoms with E-state index >= 15 is 0 Å². The number of hydrogen-bond acceptors (Lipinski definition) is 2. The van der Waals surface area contributed by atoms with Gasteiger partial charge in [-0.05, 0) is 76.1 Å². The molecule has 1 unspecified atom stereocenters. The number of rotatable bonds is 7. The van der Waals surface area contributed by atoms with Crippen LogP contribution < -0.4 is 5.32 Å². The molecule has 2 nitrogen and oxygen atoms in total. The van der Waals surface area contributed by atoms with Gasteiger partial charge < -0.3 is 10.1 Å². The summed E-state index contributed by atoms with van der Waals surface area (Å²) in [5, 5.41) is 3.54. The van der Waals surface area contributed by atoms with Crippen molar-refractivity contribution >= 4 is 22.6 Å². The minimum Gasteiger partial charge on any atom is -0.357 e. The van der Waals surface area contributed by atoms with Gasteiger partial charge in [-0.25, -0.2) is 0 Å². The second-order valence-corrected chi connectivity index (χ2v) is 9.58. The number of likely N-dealkylation sites (N-methyl/N-ethyl adjacent to an activating group) is 1. The van der Waals surface area contributed by atoms with Gasteiger partial charge in [0, 0.05) is 5.54 Å². The molecule has 110 valence electrons. The van der Waals surface area contributed by atoms with E-state index < -0.39 is 0 Å². The van der Waals surface area contributed by atoms with Gasteiger partial charge in [-0.1, -0.05) is 27.2 Å². The van der Waals surface area contributed by atoms with E-state index in [1.54, 1.807) is 0 Å². The third kappa shape index (κ3) is 4.07. The van der Waals surface area contributed by atoms with Gasteiger partial charge in [0.25, 0.3) is 0 Å². The van der Waals surface area contributed by atoms with Crippen molar-refractivity contribution in [3.63, 3.8) is 0 Å². The smallest absolute Gasteiger partial charge is 0.114 e. The van der Waals surface area contributed by atoms with Crippen molar-refractivity contribution in [1.82, 2.24) is 5.32 Å². The minimum atomic E-state index is -0.245. The van der Waals surface area contributed by atoms with Crippen LogP contribution in [0.2, 0.25) is 0 Å². The molecular weight excluding hydrogens is 337 g/mol. The van der Waals surface area contributed by atoms with Crippen molar-refractivity contribution in [2.45, 2.75) is 83.0 Å². The summed E-state index contributed by atoms with van der Waals surface area (Å²) in [5.41, 5.74) is -0.161. The molecule has 0 bridgehead atoms. The van der Waals surface area contributed by atoms with Crippen LogP contribution in [0.25, 0.3) is 0 Å². The van der Waals surface area contributed by atoms with Crippen molar-refractivity contribution in [2.75, 3.05) is 7.05 Å². The van der Waals surface area contributed by atoms with Crippen LogP contribution in [0.1, 0.15) is 68.2 Å². The third-order valence-corrected chi connectivity index (χ3v) is 4.65. The zero-order valence-electron chi connectivity index (χ0n) is 13.7. The number of alkyl halides is 1. The van der Waals surface area contributed by atoms with Gasteiger partial charge in [-0.15, -0.1) is 0 Å². The van der Waals surface area contributed by atoms with Crippen LogP contribution in [0.15, 0.2) is 0 Å². The Bertz CT molecular complexity index is 268. The fourth-order valence-corrected chi connectivity index (χ4v) is 3.59. The van der Waals surface area contributed by atoms with Crippen molar-refractivity contribution in [1.29, 1.82) is 0 Å².